The highest BCUT2D eigenvalue weighted by Gasteiger charge is 2.12. The maximum absolute atomic E-state index is 12.5. The highest BCUT2D eigenvalue weighted by molar-refractivity contribution is 6.31. The second kappa shape index (κ2) is 5.93. The predicted molar refractivity (Wildman–Crippen MR) is 91.4 cm³/mol. The lowest BCUT2D eigenvalue weighted by Crippen LogP contribution is -2.12. The number of imidazole rings is 1. The molecule has 1 N–H and O–H groups in total. The zero-order valence-electron chi connectivity index (χ0n) is 13.1. The Morgan fingerprint density at radius 2 is 2.04 bits per heavy atom. The number of amides is 1. The van der Waals surface area contributed by atoms with Gasteiger partial charge in [-0.3, -0.25) is 4.79 Å². The Morgan fingerprint density at radius 3 is 2.78 bits per heavy atom. The maximum Gasteiger partial charge on any atom is 0.255 e. The standard InChI is InChI=1S/C17H16ClN3O2/c1-10-19-13-8-11(4-6-15(13)21(10)2)17(22)20-14-9-12(18)5-7-16(14)23-3/h4-9H,1-3H3,(H,20,22). The third-order valence-electron chi connectivity index (χ3n) is 3.78. The first-order valence-electron chi connectivity index (χ1n) is 7.07. The van der Waals surface area contributed by atoms with E-state index in [1.54, 1.807) is 37.4 Å². The number of halogens is 1. The van der Waals surface area contributed by atoms with Gasteiger partial charge in [-0.05, 0) is 43.3 Å². The first-order chi connectivity index (χ1) is 11.0. The van der Waals surface area contributed by atoms with E-state index < -0.39 is 0 Å². The van der Waals surface area contributed by atoms with Gasteiger partial charge in [-0.1, -0.05) is 11.6 Å². The summed E-state index contributed by atoms with van der Waals surface area (Å²) in [5, 5.41) is 3.35. The molecule has 0 atom stereocenters. The molecular formula is C17H16ClN3O2. The molecule has 6 heteroatoms. The molecule has 0 aliphatic rings. The van der Waals surface area contributed by atoms with Gasteiger partial charge in [0.1, 0.15) is 11.6 Å². The van der Waals surface area contributed by atoms with Crippen LogP contribution in [0.15, 0.2) is 36.4 Å². The van der Waals surface area contributed by atoms with E-state index in [1.807, 2.05) is 24.6 Å². The molecular weight excluding hydrogens is 314 g/mol. The molecule has 2 aromatic carbocycles. The minimum atomic E-state index is -0.240. The van der Waals surface area contributed by atoms with Gasteiger partial charge in [0.25, 0.3) is 5.91 Å². The van der Waals surface area contributed by atoms with E-state index >= 15 is 0 Å². The summed E-state index contributed by atoms with van der Waals surface area (Å²) >= 11 is 5.98. The molecule has 23 heavy (non-hydrogen) atoms. The van der Waals surface area contributed by atoms with E-state index in [0.29, 0.717) is 22.0 Å². The van der Waals surface area contributed by atoms with Crippen LogP contribution in [0.4, 0.5) is 5.69 Å². The van der Waals surface area contributed by atoms with Crippen molar-refractivity contribution in [1.29, 1.82) is 0 Å². The van der Waals surface area contributed by atoms with Crippen LogP contribution in [0.3, 0.4) is 0 Å². The van der Waals surface area contributed by atoms with Crippen LogP contribution in [0.5, 0.6) is 5.75 Å². The Kier molecular flexibility index (Phi) is 3.96. The number of nitrogens with zero attached hydrogens (tertiary/aromatic N) is 2. The number of hydrogen-bond acceptors (Lipinski definition) is 3. The topological polar surface area (TPSA) is 56.1 Å². The average Bonchev–Trinajstić information content (AvgIpc) is 2.82. The van der Waals surface area contributed by atoms with Gasteiger partial charge in [0.2, 0.25) is 0 Å². The van der Waals surface area contributed by atoms with Crippen molar-refractivity contribution in [2.24, 2.45) is 7.05 Å². The minimum absolute atomic E-state index is 0.240. The molecule has 0 spiro atoms. The maximum atomic E-state index is 12.5. The lowest BCUT2D eigenvalue weighted by molar-refractivity contribution is 0.102. The Bertz CT molecular complexity index is 902. The lowest BCUT2D eigenvalue weighted by atomic mass is 10.1. The molecule has 1 aromatic heterocycles. The van der Waals surface area contributed by atoms with Gasteiger partial charge in [0.15, 0.2) is 0 Å². The van der Waals surface area contributed by atoms with Gasteiger partial charge < -0.3 is 14.6 Å². The third kappa shape index (κ3) is 2.87. The van der Waals surface area contributed by atoms with Crippen LogP contribution in [-0.2, 0) is 7.05 Å². The fourth-order valence-corrected chi connectivity index (χ4v) is 2.61. The number of aryl methyl sites for hydroxylation is 2. The van der Waals surface area contributed by atoms with E-state index in [9.17, 15) is 4.79 Å². The van der Waals surface area contributed by atoms with Crippen molar-refractivity contribution in [3.63, 3.8) is 0 Å². The van der Waals surface area contributed by atoms with Crippen LogP contribution >= 0.6 is 11.6 Å². The van der Waals surface area contributed by atoms with Gasteiger partial charge in [0.05, 0.1) is 23.8 Å². The van der Waals surface area contributed by atoms with Crippen molar-refractivity contribution in [3.8, 4) is 5.75 Å². The van der Waals surface area contributed by atoms with Crippen LogP contribution in [-0.4, -0.2) is 22.6 Å². The van der Waals surface area contributed by atoms with E-state index in [0.717, 1.165) is 16.9 Å². The summed E-state index contributed by atoms with van der Waals surface area (Å²) in [6, 6.07) is 10.5. The molecule has 0 fully saturated rings. The number of aromatic nitrogens is 2. The molecule has 1 heterocycles. The van der Waals surface area contributed by atoms with Gasteiger partial charge in [-0.2, -0.15) is 0 Å². The Labute approximate surface area is 138 Å². The molecule has 3 aromatic rings. The van der Waals surface area contributed by atoms with Crippen molar-refractivity contribution in [1.82, 2.24) is 9.55 Å². The van der Waals surface area contributed by atoms with Crippen LogP contribution in [0.2, 0.25) is 5.02 Å². The Hall–Kier alpha value is -2.53. The molecule has 0 saturated heterocycles. The summed E-state index contributed by atoms with van der Waals surface area (Å²) in [5.74, 6) is 1.21. The lowest BCUT2D eigenvalue weighted by Gasteiger charge is -2.10. The number of rotatable bonds is 3. The van der Waals surface area contributed by atoms with Crippen molar-refractivity contribution in [2.45, 2.75) is 6.92 Å². The molecule has 118 valence electrons. The first-order valence-corrected chi connectivity index (χ1v) is 7.45. The smallest absolute Gasteiger partial charge is 0.255 e. The summed E-state index contributed by atoms with van der Waals surface area (Å²) in [6.45, 7) is 1.93. The molecule has 1 amide bonds. The van der Waals surface area contributed by atoms with E-state index in [1.165, 1.54) is 0 Å². The molecule has 5 nitrogen and oxygen atoms in total. The summed E-state index contributed by atoms with van der Waals surface area (Å²) in [6.07, 6.45) is 0. The molecule has 3 rings (SSSR count). The second-order valence-electron chi connectivity index (χ2n) is 5.22. The van der Waals surface area contributed by atoms with Crippen molar-refractivity contribution >= 4 is 34.2 Å². The SMILES string of the molecule is COc1ccc(Cl)cc1NC(=O)c1ccc2c(c1)nc(C)n2C. The largest absolute Gasteiger partial charge is 0.495 e. The van der Waals surface area contributed by atoms with Crippen LogP contribution < -0.4 is 10.1 Å². The number of ether oxygens (including phenoxy) is 1. The summed E-state index contributed by atoms with van der Waals surface area (Å²) in [7, 11) is 3.49. The summed E-state index contributed by atoms with van der Waals surface area (Å²) in [4.78, 5) is 16.9. The number of anilines is 1. The second-order valence-corrected chi connectivity index (χ2v) is 5.66. The van der Waals surface area contributed by atoms with E-state index in [-0.39, 0.29) is 5.91 Å². The normalized spacial score (nSPS) is 10.8. The summed E-state index contributed by atoms with van der Waals surface area (Å²) < 4.78 is 7.22. The number of carbonyl (C=O) groups is 1. The molecule has 0 radical (unpaired) electrons. The Balaban J connectivity index is 1.93. The predicted octanol–water partition coefficient (Wildman–Crippen LogP) is 3.80. The van der Waals surface area contributed by atoms with Crippen LogP contribution in [0, 0.1) is 6.92 Å². The van der Waals surface area contributed by atoms with Gasteiger partial charge in [0, 0.05) is 17.6 Å². The quantitative estimate of drug-likeness (QED) is 0.795. The Morgan fingerprint density at radius 1 is 1.26 bits per heavy atom. The fourth-order valence-electron chi connectivity index (χ4n) is 2.43. The number of fused-ring (bicyclic) bond motifs is 1. The highest BCUT2D eigenvalue weighted by atomic mass is 35.5. The average molecular weight is 330 g/mol. The van der Waals surface area contributed by atoms with E-state index in [4.69, 9.17) is 16.3 Å². The monoisotopic (exact) mass is 329 g/mol. The van der Waals surface area contributed by atoms with Gasteiger partial charge >= 0.3 is 0 Å². The third-order valence-corrected chi connectivity index (χ3v) is 4.01. The molecule has 0 aliphatic carbocycles. The zero-order valence-corrected chi connectivity index (χ0v) is 13.8. The zero-order chi connectivity index (χ0) is 16.6. The van der Waals surface area contributed by atoms with Crippen LogP contribution in [0.1, 0.15) is 16.2 Å². The van der Waals surface area contributed by atoms with Crippen molar-refractivity contribution in [2.75, 3.05) is 12.4 Å². The first kappa shape index (κ1) is 15.4. The molecule has 0 unspecified atom stereocenters. The number of carbonyl (C=O) groups excluding carboxylic acids is 1. The number of benzene rings is 2. The number of hydrogen-bond donors (Lipinski definition) is 1. The van der Waals surface area contributed by atoms with Crippen molar-refractivity contribution < 1.29 is 9.53 Å². The number of nitrogens with one attached hydrogen (secondary N) is 1. The van der Waals surface area contributed by atoms with Crippen molar-refractivity contribution in [3.05, 3.63) is 52.8 Å². The fraction of sp³-hybridized carbons (Fsp3) is 0.176. The van der Waals surface area contributed by atoms with E-state index in [2.05, 4.69) is 10.3 Å². The summed E-state index contributed by atoms with van der Waals surface area (Å²) in [5.41, 5.74) is 2.83. The molecule has 0 aliphatic heterocycles. The minimum Gasteiger partial charge on any atom is -0.495 e. The van der Waals surface area contributed by atoms with Gasteiger partial charge in [-0.25, -0.2) is 4.98 Å². The molecule has 0 saturated carbocycles. The van der Waals surface area contributed by atoms with Gasteiger partial charge in [-0.15, -0.1) is 0 Å². The highest BCUT2D eigenvalue weighted by Crippen LogP contribution is 2.28. The van der Waals surface area contributed by atoms with Crippen LogP contribution in [0.25, 0.3) is 11.0 Å². The number of methoxy groups -OCH3 is 1. The molecule has 0 bridgehead atoms.